The molecule has 0 radical (unpaired) electrons. The van der Waals surface area contributed by atoms with Crippen molar-refractivity contribution < 1.29 is 18.8 Å². The van der Waals surface area contributed by atoms with Gasteiger partial charge in [0.15, 0.2) is 8.32 Å². The van der Waals surface area contributed by atoms with E-state index in [0.29, 0.717) is 66.1 Å². The Morgan fingerprint density at radius 3 is 2.42 bits per heavy atom. The number of benzene rings is 2. The number of rotatable bonds is 8. The maximum absolute atomic E-state index is 13.6. The van der Waals surface area contributed by atoms with Gasteiger partial charge in [-0.25, -0.2) is 14.8 Å². The van der Waals surface area contributed by atoms with Crippen molar-refractivity contribution in [3.05, 3.63) is 57.7 Å². The van der Waals surface area contributed by atoms with E-state index in [4.69, 9.17) is 25.7 Å². The summed E-state index contributed by atoms with van der Waals surface area (Å²) >= 11 is 6.81. The second-order valence-corrected chi connectivity index (χ2v) is 22.2. The third-order valence-corrected chi connectivity index (χ3v) is 15.0. The lowest BCUT2D eigenvalue weighted by Crippen LogP contribution is -2.46. The topological polar surface area (TPSA) is 124 Å². The smallest absolute Gasteiger partial charge is 0.414 e. The molecule has 2 aromatic carbocycles. The van der Waals surface area contributed by atoms with Crippen molar-refractivity contribution in [2.24, 2.45) is 0 Å². The van der Waals surface area contributed by atoms with Crippen LogP contribution in [0.25, 0.3) is 11.3 Å². The van der Waals surface area contributed by atoms with E-state index in [2.05, 4.69) is 57.2 Å². The van der Waals surface area contributed by atoms with E-state index in [1.165, 1.54) is 0 Å². The molecule has 1 aromatic heterocycles. The Balaban J connectivity index is 1.53. The number of ether oxygens (including phenoxy) is 1. The fourth-order valence-corrected chi connectivity index (χ4v) is 7.88. The van der Waals surface area contributed by atoms with Crippen molar-refractivity contribution in [2.75, 3.05) is 55.5 Å². The van der Waals surface area contributed by atoms with Gasteiger partial charge in [0.05, 0.1) is 34.2 Å². The summed E-state index contributed by atoms with van der Waals surface area (Å²) in [5, 5.41) is 14.3. The van der Waals surface area contributed by atoms with Gasteiger partial charge in [0.1, 0.15) is 11.7 Å². The van der Waals surface area contributed by atoms with Gasteiger partial charge in [0, 0.05) is 42.6 Å². The molecule has 3 heterocycles. The van der Waals surface area contributed by atoms with Gasteiger partial charge in [-0.15, -0.1) is 0 Å². The Bertz CT molecular complexity index is 1950. The number of hydrogen-bond donors (Lipinski definition) is 1. The molecule has 0 aliphatic carbocycles. The number of nitrogens with zero attached hydrogens (tertiary/aromatic N) is 6. The summed E-state index contributed by atoms with van der Waals surface area (Å²) in [4.78, 5) is 41.2. The SMILES string of the molecule is Cc1c(Nc2nccc(-c3cc(C#N)c4c(c3)[C@@](C)(CO[Si](C)(C)C(C)(C)C)CN4C(=O)OC(C)(C)C)n2)cc(Cl)c2c1CCN2C(=O)CN(C)C. The van der Waals surface area contributed by atoms with Crippen LogP contribution in [-0.4, -0.2) is 81.1 Å². The highest BCUT2D eigenvalue weighted by Gasteiger charge is 2.47. The van der Waals surface area contributed by atoms with E-state index in [-0.39, 0.29) is 10.9 Å². The third kappa shape index (κ3) is 7.83. The van der Waals surface area contributed by atoms with Gasteiger partial charge in [0.25, 0.3) is 0 Å². The Kier molecular flexibility index (Phi) is 10.6. The molecule has 13 heteroatoms. The first-order valence-corrected chi connectivity index (χ1v) is 20.9. The Morgan fingerprint density at radius 1 is 1.12 bits per heavy atom. The Hall–Kier alpha value is -4.02. The van der Waals surface area contributed by atoms with Crippen molar-refractivity contribution in [1.29, 1.82) is 5.26 Å². The van der Waals surface area contributed by atoms with Crippen LogP contribution in [0.15, 0.2) is 30.5 Å². The second kappa shape index (κ2) is 14.1. The fraction of sp³-hybridized carbons (Fsp3) is 0.513. The van der Waals surface area contributed by atoms with Crippen molar-refractivity contribution in [3.8, 4) is 17.3 Å². The van der Waals surface area contributed by atoms with Crippen molar-refractivity contribution in [1.82, 2.24) is 14.9 Å². The molecule has 0 bridgehead atoms. The molecule has 0 saturated carbocycles. The monoisotopic (exact) mass is 745 g/mol. The van der Waals surface area contributed by atoms with Crippen LogP contribution in [0.3, 0.4) is 0 Å². The van der Waals surface area contributed by atoms with Gasteiger partial charge >= 0.3 is 6.09 Å². The van der Waals surface area contributed by atoms with Gasteiger partial charge in [0.2, 0.25) is 11.9 Å². The number of nitrogens with one attached hydrogen (secondary N) is 1. The predicted molar refractivity (Wildman–Crippen MR) is 210 cm³/mol. The number of nitriles is 1. The quantitative estimate of drug-likeness (QED) is 0.227. The van der Waals surface area contributed by atoms with Gasteiger partial charge < -0.3 is 24.3 Å². The number of likely N-dealkylation sites (N-methyl/N-ethyl adjacent to an activating group) is 1. The van der Waals surface area contributed by atoms with Crippen LogP contribution in [0.1, 0.15) is 70.7 Å². The van der Waals surface area contributed by atoms with Crippen LogP contribution in [0.2, 0.25) is 23.2 Å². The molecular weight excluding hydrogens is 694 g/mol. The molecule has 3 aromatic rings. The lowest BCUT2D eigenvalue weighted by atomic mass is 9.83. The van der Waals surface area contributed by atoms with Crippen LogP contribution in [0, 0.1) is 18.3 Å². The molecule has 2 amide bonds. The maximum atomic E-state index is 13.6. The first-order chi connectivity index (χ1) is 24.0. The third-order valence-electron chi connectivity index (χ3n) is 10.3. The average Bonchev–Trinajstić information content (AvgIpc) is 3.62. The number of fused-ring (bicyclic) bond motifs is 2. The summed E-state index contributed by atoms with van der Waals surface area (Å²) in [6, 6.07) is 9.74. The predicted octanol–water partition coefficient (Wildman–Crippen LogP) is 8.21. The molecule has 0 unspecified atom stereocenters. The van der Waals surface area contributed by atoms with Crippen molar-refractivity contribution in [2.45, 2.75) is 91.0 Å². The highest BCUT2D eigenvalue weighted by atomic mass is 35.5. The van der Waals surface area contributed by atoms with E-state index >= 15 is 0 Å². The highest BCUT2D eigenvalue weighted by molar-refractivity contribution is 6.74. The van der Waals surface area contributed by atoms with E-state index in [0.717, 1.165) is 28.1 Å². The molecule has 0 spiro atoms. The largest absolute Gasteiger partial charge is 0.443 e. The number of halogens is 1. The van der Waals surface area contributed by atoms with Crippen molar-refractivity contribution >= 4 is 54.9 Å². The zero-order valence-corrected chi connectivity index (χ0v) is 34.4. The standard InChI is InChI=1S/C39H52ClN7O4Si/c1-24-27-14-16-46(32(48)21-45(9)10)34(27)29(40)19-31(24)44-35-42-15-13-30(43-35)25-17-26(20-41)33-28(18-25)39(8,23-50-52(11,12)38(5,6)7)22-47(33)36(49)51-37(2,3)4/h13,15,17-19H,14,16,21-23H2,1-12H3,(H,42,43,44)/t39-/m1/s1. The lowest BCUT2D eigenvalue weighted by Gasteiger charge is -2.39. The van der Waals surface area contributed by atoms with Gasteiger partial charge in [-0.2, -0.15) is 5.26 Å². The lowest BCUT2D eigenvalue weighted by molar-refractivity contribution is -0.119. The summed E-state index contributed by atoms with van der Waals surface area (Å²) in [7, 11) is 1.58. The molecular formula is C39H52ClN7O4Si. The highest BCUT2D eigenvalue weighted by Crippen LogP contribution is 2.47. The zero-order valence-electron chi connectivity index (χ0n) is 32.6. The molecule has 0 fully saturated rings. The van der Waals surface area contributed by atoms with Crippen LogP contribution >= 0.6 is 11.6 Å². The molecule has 11 nitrogen and oxygen atoms in total. The molecule has 2 aliphatic heterocycles. The Morgan fingerprint density at radius 2 is 1.81 bits per heavy atom. The number of carbonyl (C=O) groups is 2. The number of aromatic nitrogens is 2. The number of anilines is 4. The van der Waals surface area contributed by atoms with Crippen LogP contribution in [0.5, 0.6) is 0 Å². The number of amides is 2. The minimum atomic E-state index is -2.16. The summed E-state index contributed by atoms with van der Waals surface area (Å²) in [5.74, 6) is 0.360. The van der Waals surface area contributed by atoms with Gasteiger partial charge in [-0.1, -0.05) is 39.3 Å². The summed E-state index contributed by atoms with van der Waals surface area (Å²) < 4.78 is 12.6. The fourth-order valence-electron chi connectivity index (χ4n) is 6.44. The summed E-state index contributed by atoms with van der Waals surface area (Å²) in [6.07, 6.45) is 1.86. The van der Waals surface area contributed by atoms with Crippen LogP contribution < -0.4 is 15.1 Å². The molecule has 52 heavy (non-hydrogen) atoms. The Labute approximate surface area is 314 Å². The minimum absolute atomic E-state index is 0.00439. The molecule has 2 aliphatic rings. The van der Waals surface area contributed by atoms with Crippen LogP contribution in [0.4, 0.5) is 27.8 Å². The molecule has 5 rings (SSSR count). The van der Waals surface area contributed by atoms with Crippen LogP contribution in [-0.2, 0) is 25.8 Å². The zero-order chi connectivity index (χ0) is 38.6. The maximum Gasteiger partial charge on any atom is 0.414 e. The minimum Gasteiger partial charge on any atom is -0.443 e. The molecule has 0 saturated heterocycles. The number of hydrogen-bond acceptors (Lipinski definition) is 9. The van der Waals surface area contributed by atoms with Gasteiger partial charge in [-0.05, 0) is 107 Å². The first-order valence-electron chi connectivity index (χ1n) is 17.7. The summed E-state index contributed by atoms with van der Waals surface area (Å²) in [6.45, 7) is 22.1. The molecule has 278 valence electrons. The van der Waals surface area contributed by atoms with E-state index in [9.17, 15) is 14.9 Å². The first kappa shape index (κ1) is 39.2. The van der Waals surface area contributed by atoms with Crippen molar-refractivity contribution in [3.63, 3.8) is 0 Å². The normalized spacial score (nSPS) is 17.2. The molecule has 1 atom stereocenters. The number of carbonyl (C=O) groups excluding carboxylic acids is 2. The van der Waals surface area contributed by atoms with E-state index in [1.54, 1.807) is 28.1 Å². The van der Waals surface area contributed by atoms with Gasteiger partial charge in [-0.3, -0.25) is 9.69 Å². The molecule has 1 N–H and O–H groups in total. The average molecular weight is 746 g/mol. The summed E-state index contributed by atoms with van der Waals surface area (Å²) in [5.41, 5.74) is 5.18. The van der Waals surface area contributed by atoms with E-state index < -0.39 is 25.4 Å². The van der Waals surface area contributed by atoms with E-state index in [1.807, 2.05) is 58.8 Å². The second-order valence-electron chi connectivity index (χ2n) is 17.0.